The van der Waals surface area contributed by atoms with Gasteiger partial charge in [-0.15, -0.1) is 10.2 Å². The van der Waals surface area contributed by atoms with E-state index in [1.54, 1.807) is 6.33 Å². The van der Waals surface area contributed by atoms with Gasteiger partial charge in [0, 0.05) is 11.4 Å². The largest absolute Gasteiger partial charge is 0.325 e. The van der Waals surface area contributed by atoms with Crippen molar-refractivity contribution >= 4 is 23.4 Å². The van der Waals surface area contributed by atoms with Crippen LogP contribution in [0.3, 0.4) is 0 Å². The number of nitrogens with zero attached hydrogens (tertiary/aromatic N) is 3. The van der Waals surface area contributed by atoms with E-state index in [2.05, 4.69) is 42.4 Å². The highest BCUT2D eigenvalue weighted by Crippen LogP contribution is 2.29. The molecular formula is C21H24N4OS. The number of aromatic nitrogens is 3. The van der Waals surface area contributed by atoms with Crippen molar-refractivity contribution < 1.29 is 4.79 Å². The van der Waals surface area contributed by atoms with Crippen LogP contribution in [-0.4, -0.2) is 26.4 Å². The van der Waals surface area contributed by atoms with Crippen molar-refractivity contribution in [3.63, 3.8) is 0 Å². The van der Waals surface area contributed by atoms with Crippen LogP contribution in [0, 0.1) is 6.92 Å². The fourth-order valence-corrected chi connectivity index (χ4v) is 3.50. The summed E-state index contributed by atoms with van der Waals surface area (Å²) in [5.74, 6) is 0.207. The summed E-state index contributed by atoms with van der Waals surface area (Å²) in [6.07, 6.45) is 1.67. The zero-order valence-electron chi connectivity index (χ0n) is 16.1. The number of aryl methyl sites for hydroxylation is 1. The second-order valence-electron chi connectivity index (χ2n) is 7.45. The summed E-state index contributed by atoms with van der Waals surface area (Å²) in [5.41, 5.74) is 4.11. The molecule has 3 rings (SSSR count). The summed E-state index contributed by atoms with van der Waals surface area (Å²) in [4.78, 5) is 12.5. The van der Waals surface area contributed by atoms with Crippen molar-refractivity contribution in [2.24, 2.45) is 0 Å². The average molecular weight is 381 g/mol. The molecule has 0 bridgehead atoms. The van der Waals surface area contributed by atoms with Crippen LogP contribution in [0.1, 0.15) is 31.9 Å². The molecule has 0 unspecified atom stereocenters. The molecular weight excluding hydrogens is 356 g/mol. The maximum atomic E-state index is 12.5. The topological polar surface area (TPSA) is 59.8 Å². The van der Waals surface area contributed by atoms with Gasteiger partial charge in [-0.05, 0) is 36.1 Å². The molecule has 0 aliphatic heterocycles. The molecule has 0 atom stereocenters. The molecule has 0 spiro atoms. The lowest BCUT2D eigenvalue weighted by Crippen LogP contribution is -2.20. The normalized spacial score (nSPS) is 11.4. The number of carbonyl (C=O) groups excluding carboxylic acids is 1. The Balaban J connectivity index is 1.68. The van der Waals surface area contributed by atoms with Crippen LogP contribution in [0.5, 0.6) is 0 Å². The Kier molecular flexibility index (Phi) is 5.65. The average Bonchev–Trinajstić information content (AvgIpc) is 3.09. The Morgan fingerprint density at radius 2 is 1.81 bits per heavy atom. The first kappa shape index (κ1) is 19.2. The first-order valence-electron chi connectivity index (χ1n) is 8.84. The van der Waals surface area contributed by atoms with E-state index < -0.39 is 0 Å². The first-order chi connectivity index (χ1) is 12.8. The van der Waals surface area contributed by atoms with Crippen LogP contribution in [0.4, 0.5) is 5.69 Å². The predicted molar refractivity (Wildman–Crippen MR) is 111 cm³/mol. The monoisotopic (exact) mass is 380 g/mol. The zero-order chi connectivity index (χ0) is 19.4. The molecule has 0 saturated heterocycles. The summed E-state index contributed by atoms with van der Waals surface area (Å²) in [7, 11) is 0. The lowest BCUT2D eigenvalue weighted by Gasteiger charge is -2.22. The number of benzene rings is 2. The SMILES string of the molecule is Cc1ccc(-n2cnnc2SCC(=O)Nc2ccccc2C(C)(C)C)cc1. The van der Waals surface area contributed by atoms with Gasteiger partial charge in [-0.3, -0.25) is 9.36 Å². The van der Waals surface area contributed by atoms with Crippen LogP contribution in [0.2, 0.25) is 0 Å². The third-order valence-electron chi connectivity index (χ3n) is 4.17. The van der Waals surface area contributed by atoms with E-state index >= 15 is 0 Å². The molecule has 0 aliphatic carbocycles. The van der Waals surface area contributed by atoms with Crippen molar-refractivity contribution in [3.8, 4) is 5.69 Å². The maximum absolute atomic E-state index is 12.5. The number of hydrogen-bond acceptors (Lipinski definition) is 4. The van der Waals surface area contributed by atoms with Gasteiger partial charge in [-0.25, -0.2) is 0 Å². The fourth-order valence-electron chi connectivity index (χ4n) is 2.77. The number of amides is 1. The van der Waals surface area contributed by atoms with E-state index in [-0.39, 0.29) is 17.1 Å². The van der Waals surface area contributed by atoms with Gasteiger partial charge in [-0.1, -0.05) is 68.4 Å². The second kappa shape index (κ2) is 7.96. The minimum atomic E-state index is -0.0600. The van der Waals surface area contributed by atoms with Crippen LogP contribution in [-0.2, 0) is 10.2 Å². The molecule has 6 heteroatoms. The molecule has 0 aliphatic rings. The second-order valence-corrected chi connectivity index (χ2v) is 8.39. The number of rotatable bonds is 5. The van der Waals surface area contributed by atoms with Crippen molar-refractivity contribution in [3.05, 3.63) is 66.0 Å². The number of hydrogen-bond donors (Lipinski definition) is 1. The number of anilines is 1. The lowest BCUT2D eigenvalue weighted by molar-refractivity contribution is -0.113. The Hall–Kier alpha value is -2.60. The van der Waals surface area contributed by atoms with E-state index in [9.17, 15) is 4.79 Å². The van der Waals surface area contributed by atoms with Gasteiger partial charge in [-0.2, -0.15) is 0 Å². The van der Waals surface area contributed by atoms with Crippen molar-refractivity contribution in [1.29, 1.82) is 0 Å². The summed E-state index contributed by atoms with van der Waals surface area (Å²) < 4.78 is 1.89. The first-order valence-corrected chi connectivity index (χ1v) is 9.82. The number of carbonyl (C=O) groups is 1. The molecule has 3 aromatic rings. The van der Waals surface area contributed by atoms with Gasteiger partial charge in [0.05, 0.1) is 5.75 Å². The highest BCUT2D eigenvalue weighted by molar-refractivity contribution is 7.99. The van der Waals surface area contributed by atoms with Crippen LogP contribution in [0.25, 0.3) is 5.69 Å². The summed E-state index contributed by atoms with van der Waals surface area (Å²) in [5, 5.41) is 11.9. The van der Waals surface area contributed by atoms with E-state index in [1.807, 2.05) is 54.0 Å². The van der Waals surface area contributed by atoms with Crippen LogP contribution in [0.15, 0.2) is 60.0 Å². The quantitative estimate of drug-likeness (QED) is 0.657. The minimum absolute atomic E-state index is 0.0391. The third kappa shape index (κ3) is 4.77. The molecule has 0 fully saturated rings. The Morgan fingerprint density at radius 1 is 1.11 bits per heavy atom. The number of thioether (sulfide) groups is 1. The predicted octanol–water partition coefficient (Wildman–Crippen LogP) is 4.60. The van der Waals surface area contributed by atoms with E-state index in [0.29, 0.717) is 5.16 Å². The molecule has 1 heterocycles. The standard InChI is InChI=1S/C21H24N4OS/c1-15-9-11-16(12-10-15)25-14-22-24-20(25)27-13-19(26)23-18-8-6-5-7-17(18)21(2,3)4/h5-12,14H,13H2,1-4H3,(H,23,26). The van der Waals surface area contributed by atoms with E-state index in [1.165, 1.54) is 17.3 Å². The molecule has 1 aromatic heterocycles. The van der Waals surface area contributed by atoms with Gasteiger partial charge >= 0.3 is 0 Å². The lowest BCUT2D eigenvalue weighted by atomic mass is 9.86. The summed E-state index contributed by atoms with van der Waals surface area (Å²) in [6.45, 7) is 8.45. The molecule has 1 N–H and O–H groups in total. The van der Waals surface area contributed by atoms with Gasteiger partial charge in [0.2, 0.25) is 5.91 Å². The van der Waals surface area contributed by atoms with Crippen molar-refractivity contribution in [2.45, 2.75) is 38.3 Å². The molecule has 2 aromatic carbocycles. The Labute approximate surface area is 164 Å². The molecule has 5 nitrogen and oxygen atoms in total. The highest BCUT2D eigenvalue weighted by Gasteiger charge is 2.19. The molecule has 1 amide bonds. The van der Waals surface area contributed by atoms with Gasteiger partial charge in [0.1, 0.15) is 6.33 Å². The zero-order valence-corrected chi connectivity index (χ0v) is 16.9. The summed E-state index contributed by atoms with van der Waals surface area (Å²) >= 11 is 1.37. The Bertz CT molecular complexity index is 926. The number of nitrogens with one attached hydrogen (secondary N) is 1. The van der Waals surface area contributed by atoms with Crippen molar-refractivity contribution in [1.82, 2.24) is 14.8 Å². The maximum Gasteiger partial charge on any atom is 0.234 e. The minimum Gasteiger partial charge on any atom is -0.325 e. The van der Waals surface area contributed by atoms with Crippen LogP contribution >= 0.6 is 11.8 Å². The van der Waals surface area contributed by atoms with E-state index in [0.717, 1.165) is 16.9 Å². The molecule has 27 heavy (non-hydrogen) atoms. The summed E-state index contributed by atoms with van der Waals surface area (Å²) in [6, 6.07) is 16.0. The smallest absolute Gasteiger partial charge is 0.234 e. The van der Waals surface area contributed by atoms with Gasteiger partial charge in [0.15, 0.2) is 5.16 Å². The van der Waals surface area contributed by atoms with Gasteiger partial charge in [0.25, 0.3) is 0 Å². The third-order valence-corrected chi connectivity index (χ3v) is 5.11. The molecule has 0 saturated carbocycles. The van der Waals surface area contributed by atoms with E-state index in [4.69, 9.17) is 0 Å². The van der Waals surface area contributed by atoms with Crippen LogP contribution < -0.4 is 5.32 Å². The van der Waals surface area contributed by atoms with Crippen molar-refractivity contribution in [2.75, 3.05) is 11.1 Å². The molecule has 0 radical (unpaired) electrons. The molecule has 140 valence electrons. The highest BCUT2D eigenvalue weighted by atomic mass is 32.2. The Morgan fingerprint density at radius 3 is 2.52 bits per heavy atom. The van der Waals surface area contributed by atoms with Gasteiger partial charge < -0.3 is 5.32 Å². The number of para-hydroxylation sites is 1. The fraction of sp³-hybridized carbons (Fsp3) is 0.286.